The van der Waals surface area contributed by atoms with Gasteiger partial charge in [0, 0.05) is 18.1 Å². The van der Waals surface area contributed by atoms with Gasteiger partial charge in [-0.2, -0.15) is 0 Å². The van der Waals surface area contributed by atoms with E-state index in [-0.39, 0.29) is 11.9 Å². The van der Waals surface area contributed by atoms with Crippen molar-refractivity contribution < 1.29 is 4.79 Å². The van der Waals surface area contributed by atoms with Crippen LogP contribution in [0.5, 0.6) is 0 Å². The van der Waals surface area contributed by atoms with Crippen LogP contribution in [0.15, 0.2) is 18.2 Å². The Morgan fingerprint density at radius 1 is 1.45 bits per heavy atom. The first-order valence-electron chi connectivity index (χ1n) is 6.75. The largest absolute Gasteiger partial charge is 0.350 e. The molecule has 1 saturated heterocycles. The fourth-order valence-corrected chi connectivity index (χ4v) is 3.52. The molecule has 1 aromatic heterocycles. The standard InChI is InChI=1S/C14H16ClN3OS/c1-9(13(19)18-6-2-3-7-18)16-14-17-11-8-10(15)4-5-12(11)20-14/h4-5,8-9H,2-3,6-7H2,1H3,(H,16,17). The van der Waals surface area contributed by atoms with Gasteiger partial charge in [-0.3, -0.25) is 4.79 Å². The molecule has 6 heteroatoms. The highest BCUT2D eigenvalue weighted by Crippen LogP contribution is 2.28. The minimum Gasteiger partial charge on any atom is -0.350 e. The predicted octanol–water partition coefficient (Wildman–Crippen LogP) is 3.37. The van der Waals surface area contributed by atoms with Crippen molar-refractivity contribution in [2.24, 2.45) is 0 Å². The summed E-state index contributed by atoms with van der Waals surface area (Å²) < 4.78 is 1.07. The van der Waals surface area contributed by atoms with E-state index in [0.717, 1.165) is 41.3 Å². The summed E-state index contributed by atoms with van der Waals surface area (Å²) in [6.07, 6.45) is 2.22. The number of rotatable bonds is 3. The predicted molar refractivity (Wildman–Crippen MR) is 83.5 cm³/mol. The van der Waals surface area contributed by atoms with Crippen LogP contribution >= 0.6 is 22.9 Å². The van der Waals surface area contributed by atoms with Crippen LogP contribution in [0.3, 0.4) is 0 Å². The molecule has 1 fully saturated rings. The third kappa shape index (κ3) is 2.74. The second kappa shape index (κ2) is 5.58. The highest BCUT2D eigenvalue weighted by atomic mass is 35.5. The van der Waals surface area contributed by atoms with Crippen LogP contribution in [0.25, 0.3) is 10.2 Å². The van der Waals surface area contributed by atoms with Gasteiger partial charge in [-0.25, -0.2) is 4.98 Å². The van der Waals surface area contributed by atoms with Crippen molar-refractivity contribution in [3.8, 4) is 0 Å². The highest BCUT2D eigenvalue weighted by Gasteiger charge is 2.23. The Morgan fingerprint density at radius 3 is 2.95 bits per heavy atom. The molecular formula is C14H16ClN3OS. The molecule has 106 valence electrons. The molecule has 1 N–H and O–H groups in total. The minimum atomic E-state index is -0.246. The van der Waals surface area contributed by atoms with Gasteiger partial charge in [0.1, 0.15) is 6.04 Å². The first kappa shape index (κ1) is 13.6. The zero-order valence-corrected chi connectivity index (χ0v) is 12.8. The molecular weight excluding hydrogens is 294 g/mol. The lowest BCUT2D eigenvalue weighted by atomic mass is 10.3. The van der Waals surface area contributed by atoms with Crippen molar-refractivity contribution in [3.63, 3.8) is 0 Å². The van der Waals surface area contributed by atoms with Crippen molar-refractivity contribution >= 4 is 44.2 Å². The average Bonchev–Trinajstić information content (AvgIpc) is 3.05. The third-order valence-electron chi connectivity index (χ3n) is 3.48. The maximum atomic E-state index is 12.2. The Kier molecular flexibility index (Phi) is 3.81. The zero-order valence-electron chi connectivity index (χ0n) is 11.2. The number of hydrogen-bond acceptors (Lipinski definition) is 4. The van der Waals surface area contributed by atoms with Gasteiger partial charge in [0.2, 0.25) is 5.91 Å². The number of aromatic nitrogens is 1. The molecule has 1 aromatic carbocycles. The fourth-order valence-electron chi connectivity index (χ4n) is 2.42. The van der Waals surface area contributed by atoms with Crippen LogP contribution < -0.4 is 5.32 Å². The molecule has 2 aromatic rings. The summed E-state index contributed by atoms with van der Waals surface area (Å²) in [5, 5.41) is 4.64. The molecule has 0 aliphatic carbocycles. The van der Waals surface area contributed by atoms with E-state index >= 15 is 0 Å². The average molecular weight is 310 g/mol. The zero-order chi connectivity index (χ0) is 14.1. The summed E-state index contributed by atoms with van der Waals surface area (Å²) in [7, 11) is 0. The van der Waals surface area contributed by atoms with Gasteiger partial charge >= 0.3 is 0 Å². The number of amides is 1. The van der Waals surface area contributed by atoms with Crippen LogP contribution in [0.1, 0.15) is 19.8 Å². The number of likely N-dealkylation sites (tertiary alicyclic amines) is 1. The van der Waals surface area contributed by atoms with Gasteiger partial charge in [0.05, 0.1) is 10.2 Å². The number of nitrogens with one attached hydrogen (secondary N) is 1. The molecule has 2 heterocycles. The number of benzene rings is 1. The Hall–Kier alpha value is -1.33. The minimum absolute atomic E-state index is 0.153. The molecule has 0 bridgehead atoms. The third-order valence-corrected chi connectivity index (χ3v) is 4.68. The van der Waals surface area contributed by atoms with E-state index in [4.69, 9.17) is 11.6 Å². The molecule has 20 heavy (non-hydrogen) atoms. The van der Waals surface area contributed by atoms with E-state index in [1.807, 2.05) is 30.0 Å². The molecule has 3 rings (SSSR count). The SMILES string of the molecule is CC(Nc1nc2cc(Cl)ccc2s1)C(=O)N1CCCC1. The van der Waals surface area contributed by atoms with Crippen molar-refractivity contribution in [2.75, 3.05) is 18.4 Å². The Morgan fingerprint density at radius 2 is 2.20 bits per heavy atom. The number of carbonyl (C=O) groups excluding carboxylic acids is 1. The Labute approximate surface area is 126 Å². The monoisotopic (exact) mass is 309 g/mol. The topological polar surface area (TPSA) is 45.2 Å². The van der Waals surface area contributed by atoms with E-state index in [9.17, 15) is 4.79 Å². The number of fused-ring (bicyclic) bond motifs is 1. The van der Waals surface area contributed by atoms with Crippen LogP contribution in [-0.4, -0.2) is 34.9 Å². The van der Waals surface area contributed by atoms with E-state index in [2.05, 4.69) is 10.3 Å². The molecule has 0 spiro atoms. The normalized spacial score (nSPS) is 16.6. The number of thiazole rings is 1. The molecule has 1 aliphatic rings. The van der Waals surface area contributed by atoms with Gasteiger partial charge in [-0.15, -0.1) is 0 Å². The molecule has 1 atom stereocenters. The van der Waals surface area contributed by atoms with Crippen LogP contribution in [0.4, 0.5) is 5.13 Å². The lowest BCUT2D eigenvalue weighted by Gasteiger charge is -2.20. The van der Waals surface area contributed by atoms with Crippen molar-refractivity contribution in [1.29, 1.82) is 0 Å². The van der Waals surface area contributed by atoms with Crippen LogP contribution in [-0.2, 0) is 4.79 Å². The van der Waals surface area contributed by atoms with Gasteiger partial charge < -0.3 is 10.2 Å². The maximum absolute atomic E-state index is 12.2. The lowest BCUT2D eigenvalue weighted by Crippen LogP contribution is -2.39. The number of halogens is 1. The summed E-state index contributed by atoms with van der Waals surface area (Å²) >= 11 is 7.50. The quantitative estimate of drug-likeness (QED) is 0.945. The van der Waals surface area contributed by atoms with Crippen molar-refractivity contribution in [1.82, 2.24) is 9.88 Å². The first-order chi connectivity index (χ1) is 9.63. The molecule has 4 nitrogen and oxygen atoms in total. The summed E-state index contributed by atoms with van der Waals surface area (Å²) in [6.45, 7) is 3.64. The maximum Gasteiger partial charge on any atom is 0.244 e. The summed E-state index contributed by atoms with van der Waals surface area (Å²) in [4.78, 5) is 18.6. The Balaban J connectivity index is 1.73. The highest BCUT2D eigenvalue weighted by molar-refractivity contribution is 7.22. The number of anilines is 1. The fraction of sp³-hybridized carbons (Fsp3) is 0.429. The van der Waals surface area contributed by atoms with E-state index < -0.39 is 0 Å². The molecule has 1 aliphatic heterocycles. The molecule has 0 radical (unpaired) electrons. The van der Waals surface area contributed by atoms with E-state index in [0.29, 0.717) is 5.02 Å². The van der Waals surface area contributed by atoms with Gasteiger partial charge in [0.15, 0.2) is 5.13 Å². The lowest BCUT2D eigenvalue weighted by molar-refractivity contribution is -0.130. The second-order valence-corrected chi connectivity index (χ2v) is 6.50. The number of carbonyl (C=O) groups is 1. The first-order valence-corrected chi connectivity index (χ1v) is 7.94. The number of hydrogen-bond donors (Lipinski definition) is 1. The van der Waals surface area contributed by atoms with Crippen LogP contribution in [0.2, 0.25) is 5.02 Å². The number of nitrogens with zero attached hydrogens (tertiary/aromatic N) is 2. The van der Waals surface area contributed by atoms with Crippen LogP contribution in [0, 0.1) is 0 Å². The van der Waals surface area contributed by atoms with Crippen molar-refractivity contribution in [3.05, 3.63) is 23.2 Å². The van der Waals surface area contributed by atoms with Crippen molar-refractivity contribution in [2.45, 2.75) is 25.8 Å². The second-order valence-electron chi connectivity index (χ2n) is 5.03. The van der Waals surface area contributed by atoms with Gasteiger partial charge in [-0.05, 0) is 38.0 Å². The van der Waals surface area contributed by atoms with Gasteiger partial charge in [0.25, 0.3) is 0 Å². The molecule has 1 amide bonds. The van der Waals surface area contributed by atoms with E-state index in [1.54, 1.807) is 11.3 Å². The summed E-state index contributed by atoms with van der Waals surface area (Å²) in [6, 6.07) is 5.40. The Bertz CT molecular complexity index is 636. The van der Waals surface area contributed by atoms with Gasteiger partial charge in [-0.1, -0.05) is 22.9 Å². The molecule has 1 unspecified atom stereocenters. The smallest absolute Gasteiger partial charge is 0.244 e. The molecule has 0 saturated carbocycles. The summed E-state index contributed by atoms with van der Waals surface area (Å²) in [5.74, 6) is 0.153. The summed E-state index contributed by atoms with van der Waals surface area (Å²) in [5.41, 5.74) is 0.867. The van der Waals surface area contributed by atoms with E-state index in [1.165, 1.54) is 0 Å².